The monoisotopic (exact) mass is 233 g/mol. The van der Waals surface area contributed by atoms with Crippen molar-refractivity contribution < 1.29 is 0 Å². The van der Waals surface area contributed by atoms with Gasteiger partial charge in [-0.05, 0) is 38.5 Å². The summed E-state index contributed by atoms with van der Waals surface area (Å²) in [6.07, 6.45) is 5.68. The minimum atomic E-state index is 0.717. The molecule has 1 aliphatic carbocycles. The average Bonchev–Trinajstić information content (AvgIpc) is 2.75. The maximum Gasteiger partial charge on any atom is 0.133 e. The van der Waals surface area contributed by atoms with Crippen molar-refractivity contribution in [1.29, 1.82) is 0 Å². The molecule has 1 aliphatic rings. The standard InChI is InChI=1S/C14H23N3/c1-4-15-14-11-6-5-7-12(11)16-13(17-14)9-8-10(2)3/h10H,4-9H2,1-3H3,(H,15,16,17). The van der Waals surface area contributed by atoms with Crippen molar-refractivity contribution in [2.75, 3.05) is 11.9 Å². The molecule has 0 bridgehead atoms. The van der Waals surface area contributed by atoms with E-state index in [0.717, 1.165) is 43.4 Å². The van der Waals surface area contributed by atoms with Crippen molar-refractivity contribution in [1.82, 2.24) is 9.97 Å². The van der Waals surface area contributed by atoms with Gasteiger partial charge in [-0.15, -0.1) is 0 Å². The number of fused-ring (bicyclic) bond motifs is 1. The van der Waals surface area contributed by atoms with Crippen LogP contribution < -0.4 is 5.32 Å². The van der Waals surface area contributed by atoms with Gasteiger partial charge in [0.1, 0.15) is 11.6 Å². The summed E-state index contributed by atoms with van der Waals surface area (Å²) in [5.74, 6) is 2.83. The molecule has 0 radical (unpaired) electrons. The first-order valence-electron chi connectivity index (χ1n) is 6.83. The fraction of sp³-hybridized carbons (Fsp3) is 0.714. The Morgan fingerprint density at radius 2 is 2.06 bits per heavy atom. The molecule has 1 aromatic heterocycles. The quantitative estimate of drug-likeness (QED) is 0.849. The van der Waals surface area contributed by atoms with Crippen LogP contribution in [0.4, 0.5) is 5.82 Å². The molecular weight excluding hydrogens is 210 g/mol. The lowest BCUT2D eigenvalue weighted by atomic mass is 10.1. The SMILES string of the molecule is CCNc1nc(CCC(C)C)nc2c1CCC2. The van der Waals surface area contributed by atoms with E-state index in [9.17, 15) is 0 Å². The smallest absolute Gasteiger partial charge is 0.133 e. The van der Waals surface area contributed by atoms with E-state index in [4.69, 9.17) is 4.98 Å². The predicted octanol–water partition coefficient (Wildman–Crippen LogP) is 2.99. The van der Waals surface area contributed by atoms with Crippen LogP contribution in [0.3, 0.4) is 0 Å². The Kier molecular flexibility index (Phi) is 3.97. The zero-order chi connectivity index (χ0) is 12.3. The minimum absolute atomic E-state index is 0.717. The van der Waals surface area contributed by atoms with Crippen LogP contribution in [-0.2, 0) is 19.3 Å². The molecule has 0 unspecified atom stereocenters. The molecule has 2 rings (SSSR count). The number of anilines is 1. The molecule has 17 heavy (non-hydrogen) atoms. The molecule has 0 spiro atoms. The normalized spacial score (nSPS) is 14.1. The van der Waals surface area contributed by atoms with Gasteiger partial charge >= 0.3 is 0 Å². The van der Waals surface area contributed by atoms with Crippen LogP contribution in [0.15, 0.2) is 0 Å². The zero-order valence-corrected chi connectivity index (χ0v) is 11.2. The van der Waals surface area contributed by atoms with E-state index in [1.807, 2.05) is 0 Å². The summed E-state index contributed by atoms with van der Waals surface area (Å²) < 4.78 is 0. The van der Waals surface area contributed by atoms with Gasteiger partial charge in [0, 0.05) is 24.2 Å². The van der Waals surface area contributed by atoms with E-state index in [1.165, 1.54) is 24.1 Å². The van der Waals surface area contributed by atoms with Crippen LogP contribution >= 0.6 is 0 Å². The number of aryl methyl sites for hydroxylation is 2. The van der Waals surface area contributed by atoms with Gasteiger partial charge in [-0.1, -0.05) is 13.8 Å². The molecule has 0 saturated carbocycles. The second-order valence-electron chi connectivity index (χ2n) is 5.23. The van der Waals surface area contributed by atoms with Crippen LogP contribution in [0.25, 0.3) is 0 Å². The molecule has 3 heteroatoms. The van der Waals surface area contributed by atoms with Crippen molar-refractivity contribution in [3.8, 4) is 0 Å². The summed E-state index contributed by atoms with van der Waals surface area (Å²) in [6.45, 7) is 7.56. The molecule has 0 aromatic carbocycles. The molecule has 0 atom stereocenters. The first-order chi connectivity index (χ1) is 8.20. The number of aromatic nitrogens is 2. The Morgan fingerprint density at radius 1 is 1.24 bits per heavy atom. The first kappa shape index (κ1) is 12.3. The third-order valence-corrected chi connectivity index (χ3v) is 3.27. The summed E-state index contributed by atoms with van der Waals surface area (Å²) in [4.78, 5) is 9.40. The second-order valence-corrected chi connectivity index (χ2v) is 5.23. The van der Waals surface area contributed by atoms with Gasteiger partial charge < -0.3 is 5.32 Å². The minimum Gasteiger partial charge on any atom is -0.370 e. The van der Waals surface area contributed by atoms with E-state index < -0.39 is 0 Å². The fourth-order valence-corrected chi connectivity index (χ4v) is 2.33. The summed E-state index contributed by atoms with van der Waals surface area (Å²) in [5, 5.41) is 3.38. The Balaban J connectivity index is 2.20. The van der Waals surface area contributed by atoms with Gasteiger partial charge in [0.25, 0.3) is 0 Å². The molecule has 0 amide bonds. The van der Waals surface area contributed by atoms with Gasteiger partial charge in [0.2, 0.25) is 0 Å². The number of rotatable bonds is 5. The Bertz CT molecular complexity index is 385. The Labute approximate surface area is 104 Å². The molecule has 0 saturated heterocycles. The lowest BCUT2D eigenvalue weighted by Gasteiger charge is -2.11. The first-order valence-corrected chi connectivity index (χ1v) is 6.83. The van der Waals surface area contributed by atoms with E-state index in [-0.39, 0.29) is 0 Å². The highest BCUT2D eigenvalue weighted by Crippen LogP contribution is 2.26. The van der Waals surface area contributed by atoms with Gasteiger partial charge in [-0.25, -0.2) is 9.97 Å². The van der Waals surface area contributed by atoms with Crippen LogP contribution in [0, 0.1) is 5.92 Å². The molecular formula is C14H23N3. The summed E-state index contributed by atoms with van der Waals surface area (Å²) in [7, 11) is 0. The van der Waals surface area contributed by atoms with Crippen LogP contribution in [0.2, 0.25) is 0 Å². The third-order valence-electron chi connectivity index (χ3n) is 3.27. The molecule has 0 aliphatic heterocycles. The van der Waals surface area contributed by atoms with Crippen molar-refractivity contribution in [2.45, 2.75) is 52.9 Å². The number of hydrogen-bond acceptors (Lipinski definition) is 3. The van der Waals surface area contributed by atoms with Crippen molar-refractivity contribution in [3.05, 3.63) is 17.1 Å². The Hall–Kier alpha value is -1.12. The highest BCUT2D eigenvalue weighted by molar-refractivity contribution is 5.48. The summed E-state index contributed by atoms with van der Waals surface area (Å²) in [5.41, 5.74) is 2.65. The van der Waals surface area contributed by atoms with E-state index in [0.29, 0.717) is 0 Å². The summed E-state index contributed by atoms with van der Waals surface area (Å²) in [6, 6.07) is 0. The van der Waals surface area contributed by atoms with Gasteiger partial charge in [-0.2, -0.15) is 0 Å². The molecule has 94 valence electrons. The van der Waals surface area contributed by atoms with Crippen molar-refractivity contribution in [3.63, 3.8) is 0 Å². The largest absolute Gasteiger partial charge is 0.370 e. The molecule has 1 heterocycles. The Morgan fingerprint density at radius 3 is 2.76 bits per heavy atom. The maximum atomic E-state index is 4.72. The predicted molar refractivity (Wildman–Crippen MR) is 71.4 cm³/mol. The van der Waals surface area contributed by atoms with Crippen molar-refractivity contribution in [2.24, 2.45) is 5.92 Å². The number of nitrogens with one attached hydrogen (secondary N) is 1. The molecule has 0 fully saturated rings. The lowest BCUT2D eigenvalue weighted by Crippen LogP contribution is -2.09. The van der Waals surface area contributed by atoms with Crippen molar-refractivity contribution >= 4 is 5.82 Å². The lowest BCUT2D eigenvalue weighted by molar-refractivity contribution is 0.573. The number of nitrogens with zero attached hydrogens (tertiary/aromatic N) is 2. The highest BCUT2D eigenvalue weighted by Gasteiger charge is 2.18. The topological polar surface area (TPSA) is 37.8 Å². The third kappa shape index (κ3) is 2.96. The van der Waals surface area contributed by atoms with Crippen LogP contribution in [-0.4, -0.2) is 16.5 Å². The summed E-state index contributed by atoms with van der Waals surface area (Å²) >= 11 is 0. The fourth-order valence-electron chi connectivity index (χ4n) is 2.33. The van der Waals surface area contributed by atoms with Crippen LogP contribution in [0.5, 0.6) is 0 Å². The number of hydrogen-bond donors (Lipinski definition) is 1. The maximum absolute atomic E-state index is 4.72. The highest BCUT2D eigenvalue weighted by atomic mass is 15.0. The second kappa shape index (κ2) is 5.48. The molecule has 1 N–H and O–H groups in total. The average molecular weight is 233 g/mol. The van der Waals surface area contributed by atoms with E-state index >= 15 is 0 Å². The molecule has 1 aromatic rings. The van der Waals surface area contributed by atoms with Gasteiger partial charge in [0.15, 0.2) is 0 Å². The van der Waals surface area contributed by atoms with Gasteiger partial charge in [-0.3, -0.25) is 0 Å². The zero-order valence-electron chi connectivity index (χ0n) is 11.2. The van der Waals surface area contributed by atoms with Crippen LogP contribution in [0.1, 0.15) is 50.7 Å². The van der Waals surface area contributed by atoms with E-state index in [2.05, 4.69) is 31.1 Å². The van der Waals surface area contributed by atoms with Gasteiger partial charge in [0.05, 0.1) is 0 Å². The molecule has 3 nitrogen and oxygen atoms in total. The van der Waals surface area contributed by atoms with E-state index in [1.54, 1.807) is 0 Å².